The molecule has 0 radical (unpaired) electrons. The fourth-order valence-corrected chi connectivity index (χ4v) is 0.746. The smallest absolute Gasteiger partial charge is 0.0566 e. The summed E-state index contributed by atoms with van der Waals surface area (Å²) in [6.07, 6.45) is 9.99. The lowest BCUT2D eigenvalue weighted by atomic mass is 10.2. The zero-order valence-electron chi connectivity index (χ0n) is 5.01. The summed E-state index contributed by atoms with van der Waals surface area (Å²) in [4.78, 5) is 4.12. The maximum atomic E-state index is 4.12. The lowest BCUT2D eigenvalue weighted by Gasteiger charge is -1.92. The van der Waals surface area contributed by atoms with Crippen molar-refractivity contribution in [2.45, 2.75) is 19.3 Å². The third-order valence-corrected chi connectivity index (χ3v) is 1.21. The van der Waals surface area contributed by atoms with Gasteiger partial charge in [0, 0.05) is 0 Å². The second-order valence-electron chi connectivity index (χ2n) is 1.95. The van der Waals surface area contributed by atoms with Gasteiger partial charge in [-0.3, -0.25) is 4.99 Å². The van der Waals surface area contributed by atoms with E-state index >= 15 is 0 Å². The van der Waals surface area contributed by atoms with Gasteiger partial charge in [0.1, 0.15) is 0 Å². The molecule has 0 N–H and O–H groups in total. The van der Waals surface area contributed by atoms with Gasteiger partial charge in [0.25, 0.3) is 0 Å². The van der Waals surface area contributed by atoms with E-state index in [2.05, 4.69) is 17.1 Å². The van der Waals surface area contributed by atoms with E-state index in [4.69, 9.17) is 0 Å². The van der Waals surface area contributed by atoms with Crippen molar-refractivity contribution in [1.29, 1.82) is 0 Å². The Labute approximate surface area is 50.1 Å². The van der Waals surface area contributed by atoms with Gasteiger partial charge in [-0.15, -0.1) is 0 Å². The lowest BCUT2D eigenvalue weighted by Crippen LogP contribution is -1.82. The van der Waals surface area contributed by atoms with Crippen LogP contribution in [-0.4, -0.2) is 12.8 Å². The molecule has 0 fully saturated rings. The summed E-state index contributed by atoms with van der Waals surface area (Å²) in [7, 11) is 0. The van der Waals surface area contributed by atoms with Gasteiger partial charge in [-0.1, -0.05) is 12.2 Å². The van der Waals surface area contributed by atoms with E-state index < -0.39 is 0 Å². The summed E-state index contributed by atoms with van der Waals surface area (Å²) in [6, 6.07) is 0. The van der Waals surface area contributed by atoms with E-state index in [0.29, 0.717) is 0 Å². The molecule has 0 aromatic heterocycles. The minimum Gasteiger partial charge on any atom is -0.293 e. The van der Waals surface area contributed by atoms with Crippen LogP contribution >= 0.6 is 0 Å². The first kappa shape index (κ1) is 5.54. The maximum absolute atomic E-state index is 4.12. The molecule has 0 aromatic carbocycles. The predicted octanol–water partition coefficient (Wildman–Crippen LogP) is 1.80. The second kappa shape index (κ2) is 3.42. The summed E-state index contributed by atoms with van der Waals surface area (Å²) < 4.78 is 0. The largest absolute Gasteiger partial charge is 0.293 e. The van der Waals surface area contributed by atoms with Crippen molar-refractivity contribution in [1.82, 2.24) is 0 Å². The van der Waals surface area contributed by atoms with E-state index in [1.165, 1.54) is 12.8 Å². The Kier molecular flexibility index (Phi) is 2.37. The van der Waals surface area contributed by atoms with E-state index in [-0.39, 0.29) is 0 Å². The Hall–Kier alpha value is -0.590. The molecule has 0 saturated heterocycles. The van der Waals surface area contributed by atoms with Gasteiger partial charge in [0.2, 0.25) is 0 Å². The Morgan fingerprint density at radius 1 is 1.12 bits per heavy atom. The average Bonchev–Trinajstić information content (AvgIpc) is 1.62. The monoisotopic (exact) mass is 109 g/mol. The van der Waals surface area contributed by atoms with Crippen LogP contribution in [-0.2, 0) is 0 Å². The summed E-state index contributed by atoms with van der Waals surface area (Å²) in [6.45, 7) is 0.889. The first-order valence-electron chi connectivity index (χ1n) is 3.13. The van der Waals surface area contributed by atoms with Crippen LogP contribution in [0.4, 0.5) is 0 Å². The first-order chi connectivity index (χ1) is 4.00. The van der Waals surface area contributed by atoms with Crippen molar-refractivity contribution in [2.24, 2.45) is 4.99 Å². The third kappa shape index (κ3) is 1.92. The topological polar surface area (TPSA) is 12.4 Å². The van der Waals surface area contributed by atoms with Crippen molar-refractivity contribution >= 4 is 6.21 Å². The van der Waals surface area contributed by atoms with Crippen LogP contribution in [0.1, 0.15) is 19.3 Å². The van der Waals surface area contributed by atoms with Crippen LogP contribution in [0.3, 0.4) is 0 Å². The third-order valence-electron chi connectivity index (χ3n) is 1.21. The molecule has 0 aliphatic carbocycles. The van der Waals surface area contributed by atoms with Gasteiger partial charge in [-0.25, -0.2) is 0 Å². The van der Waals surface area contributed by atoms with Crippen molar-refractivity contribution in [3.05, 3.63) is 12.2 Å². The minimum absolute atomic E-state index is 0.889. The second-order valence-corrected chi connectivity index (χ2v) is 1.95. The molecule has 1 aliphatic heterocycles. The van der Waals surface area contributed by atoms with Crippen molar-refractivity contribution in [3.8, 4) is 0 Å². The molecular formula is C7H11N. The van der Waals surface area contributed by atoms with E-state index in [9.17, 15) is 0 Å². The highest BCUT2D eigenvalue weighted by Crippen LogP contribution is 1.96. The highest BCUT2D eigenvalue weighted by molar-refractivity contribution is 5.57. The summed E-state index contributed by atoms with van der Waals surface area (Å²) in [5, 5.41) is 0. The zero-order valence-corrected chi connectivity index (χ0v) is 5.01. The van der Waals surface area contributed by atoms with Crippen LogP contribution in [0, 0.1) is 0 Å². The van der Waals surface area contributed by atoms with Crippen LogP contribution < -0.4 is 0 Å². The van der Waals surface area contributed by atoms with Crippen molar-refractivity contribution in [2.75, 3.05) is 6.54 Å². The average molecular weight is 109 g/mol. The molecule has 1 heteroatoms. The lowest BCUT2D eigenvalue weighted by molar-refractivity contribution is 0.889. The Balaban J connectivity index is 2.31. The van der Waals surface area contributed by atoms with Gasteiger partial charge >= 0.3 is 0 Å². The quantitative estimate of drug-likeness (QED) is 0.420. The van der Waals surface area contributed by atoms with Crippen LogP contribution in [0.5, 0.6) is 0 Å². The van der Waals surface area contributed by atoms with Crippen LogP contribution in [0.2, 0.25) is 0 Å². The molecule has 0 amide bonds. The number of rotatable bonds is 0. The molecule has 8 heavy (non-hydrogen) atoms. The van der Waals surface area contributed by atoms with E-state index in [0.717, 1.165) is 13.0 Å². The minimum atomic E-state index is 0.889. The molecule has 44 valence electrons. The van der Waals surface area contributed by atoms with Gasteiger partial charge in [0.05, 0.1) is 6.54 Å². The zero-order chi connectivity index (χ0) is 5.66. The van der Waals surface area contributed by atoms with Gasteiger partial charge in [-0.05, 0) is 25.5 Å². The molecule has 0 bridgehead atoms. The Bertz CT molecular complexity index is 91.0. The number of allylic oxidation sites excluding steroid dienone is 1. The van der Waals surface area contributed by atoms with Gasteiger partial charge in [-0.2, -0.15) is 0 Å². The molecule has 1 nitrogen and oxygen atoms in total. The number of aliphatic imine (C=N–C) groups is 1. The van der Waals surface area contributed by atoms with E-state index in [1.54, 1.807) is 0 Å². The SMILES string of the molecule is C1=CCN=CCCC1. The predicted molar refractivity (Wildman–Crippen MR) is 36.4 cm³/mol. The van der Waals surface area contributed by atoms with Crippen molar-refractivity contribution in [3.63, 3.8) is 0 Å². The molecule has 0 atom stereocenters. The number of hydrogen-bond acceptors (Lipinski definition) is 1. The summed E-state index contributed by atoms with van der Waals surface area (Å²) >= 11 is 0. The molecule has 0 spiro atoms. The standard InChI is InChI=1S/C7H11N/c1-2-4-6-8-7-5-3-1/h2,4,7H,1,3,5-6H2. The molecule has 1 aliphatic rings. The number of nitrogens with zero attached hydrogens (tertiary/aromatic N) is 1. The maximum Gasteiger partial charge on any atom is 0.0566 e. The Morgan fingerprint density at radius 2 is 2.12 bits per heavy atom. The molecule has 1 rings (SSSR count). The van der Waals surface area contributed by atoms with Gasteiger partial charge < -0.3 is 0 Å². The number of hydrogen-bond donors (Lipinski definition) is 0. The fourth-order valence-electron chi connectivity index (χ4n) is 0.746. The molecule has 0 aromatic rings. The summed E-state index contributed by atoms with van der Waals surface area (Å²) in [5.74, 6) is 0. The highest BCUT2D eigenvalue weighted by Gasteiger charge is 1.83. The van der Waals surface area contributed by atoms with E-state index in [1.807, 2.05) is 6.21 Å². The summed E-state index contributed by atoms with van der Waals surface area (Å²) in [5.41, 5.74) is 0. The van der Waals surface area contributed by atoms with Crippen molar-refractivity contribution < 1.29 is 0 Å². The van der Waals surface area contributed by atoms with Crippen LogP contribution in [0.25, 0.3) is 0 Å². The first-order valence-corrected chi connectivity index (χ1v) is 3.13. The Morgan fingerprint density at radius 3 is 3.12 bits per heavy atom. The molecule has 1 heterocycles. The highest BCUT2D eigenvalue weighted by atomic mass is 14.7. The molecular weight excluding hydrogens is 98.1 g/mol. The molecule has 0 saturated carbocycles. The normalized spacial score (nSPS) is 20.0. The van der Waals surface area contributed by atoms with Crippen LogP contribution in [0.15, 0.2) is 17.1 Å². The fraction of sp³-hybridized carbons (Fsp3) is 0.571. The van der Waals surface area contributed by atoms with Gasteiger partial charge in [0.15, 0.2) is 0 Å². The molecule has 0 unspecified atom stereocenters.